The van der Waals surface area contributed by atoms with E-state index in [4.69, 9.17) is 39.5 Å². The second-order valence-corrected chi connectivity index (χ2v) is 7.14. The predicted octanol–water partition coefficient (Wildman–Crippen LogP) is 3.21. The zero-order chi connectivity index (χ0) is 21.3. The summed E-state index contributed by atoms with van der Waals surface area (Å²) in [6, 6.07) is 4.35. The van der Waals surface area contributed by atoms with Gasteiger partial charge in [-0.1, -0.05) is 34.8 Å². The maximum atomic E-state index is 12.5. The van der Waals surface area contributed by atoms with E-state index in [1.807, 2.05) is 0 Å². The number of halogens is 3. The minimum Gasteiger partial charge on any atom is -0.454 e. The first-order chi connectivity index (χ1) is 13.7. The first kappa shape index (κ1) is 21.0. The summed E-state index contributed by atoms with van der Waals surface area (Å²) >= 11 is 17.6. The Morgan fingerprint density at radius 2 is 1.72 bits per heavy atom. The molecule has 1 N–H and O–H groups in total. The molecule has 2 aromatic rings. The Balaban J connectivity index is 1.65. The van der Waals surface area contributed by atoms with E-state index in [2.05, 4.69) is 10.3 Å². The van der Waals surface area contributed by atoms with Gasteiger partial charge in [0, 0.05) is 6.20 Å². The van der Waals surface area contributed by atoms with E-state index in [1.54, 1.807) is 6.07 Å². The molecule has 1 unspecified atom stereocenters. The van der Waals surface area contributed by atoms with Gasteiger partial charge >= 0.3 is 5.97 Å². The number of esters is 1. The van der Waals surface area contributed by atoms with E-state index in [-0.39, 0.29) is 32.0 Å². The summed E-state index contributed by atoms with van der Waals surface area (Å²) in [6.07, 6.45) is 1.45. The molecule has 11 heteroatoms. The van der Waals surface area contributed by atoms with Crippen molar-refractivity contribution in [1.29, 1.82) is 0 Å². The first-order valence-corrected chi connectivity index (χ1v) is 9.28. The molecule has 0 radical (unpaired) electrons. The average molecular weight is 457 g/mol. The summed E-state index contributed by atoms with van der Waals surface area (Å²) in [5.74, 6) is -3.02. The molecule has 0 fully saturated rings. The average Bonchev–Trinajstić information content (AvgIpc) is 2.91. The molecule has 0 bridgehead atoms. The van der Waals surface area contributed by atoms with Crippen molar-refractivity contribution in [3.63, 3.8) is 0 Å². The molecule has 1 aliphatic rings. The number of nitrogens with one attached hydrogen (secondary N) is 1. The van der Waals surface area contributed by atoms with Crippen LogP contribution in [0.4, 0.5) is 5.69 Å². The van der Waals surface area contributed by atoms with Crippen LogP contribution in [0.2, 0.25) is 15.2 Å². The highest BCUT2D eigenvalue weighted by atomic mass is 35.5. The maximum absolute atomic E-state index is 12.5. The number of ether oxygens (including phenoxy) is 1. The van der Waals surface area contributed by atoms with Crippen LogP contribution in [0.1, 0.15) is 27.6 Å². The monoisotopic (exact) mass is 455 g/mol. The number of fused-ring (bicyclic) bond motifs is 1. The number of nitrogens with zero attached hydrogens (tertiary/aromatic N) is 2. The highest BCUT2D eigenvalue weighted by Crippen LogP contribution is 2.32. The molecule has 0 aliphatic carbocycles. The minimum atomic E-state index is -1.27. The van der Waals surface area contributed by atoms with Crippen LogP contribution in [0, 0.1) is 0 Å². The molecule has 1 aromatic carbocycles. The van der Waals surface area contributed by atoms with Gasteiger partial charge in [-0.3, -0.25) is 19.3 Å². The quantitative estimate of drug-likeness (QED) is 0.421. The fraction of sp³-hybridized carbons (Fsp3) is 0.167. The van der Waals surface area contributed by atoms with Gasteiger partial charge < -0.3 is 10.1 Å². The van der Waals surface area contributed by atoms with Crippen molar-refractivity contribution in [2.24, 2.45) is 0 Å². The van der Waals surface area contributed by atoms with Crippen molar-refractivity contribution in [1.82, 2.24) is 9.88 Å². The molecular weight excluding hydrogens is 445 g/mol. The smallest absolute Gasteiger partial charge is 0.329 e. The molecular formula is C18H12Cl3N3O5. The zero-order valence-electron chi connectivity index (χ0n) is 14.7. The molecule has 1 aromatic heterocycles. The lowest BCUT2D eigenvalue weighted by Gasteiger charge is -2.20. The number of carbonyl (C=O) groups is 4. The van der Waals surface area contributed by atoms with E-state index in [0.717, 1.165) is 4.90 Å². The third-order valence-corrected chi connectivity index (χ3v) is 5.09. The van der Waals surface area contributed by atoms with E-state index >= 15 is 0 Å². The van der Waals surface area contributed by atoms with Crippen molar-refractivity contribution >= 4 is 64.2 Å². The molecule has 1 aliphatic heterocycles. The van der Waals surface area contributed by atoms with Gasteiger partial charge in [0.15, 0.2) is 11.8 Å². The van der Waals surface area contributed by atoms with Crippen LogP contribution in [0.25, 0.3) is 0 Å². The first-order valence-electron chi connectivity index (χ1n) is 8.14. The van der Waals surface area contributed by atoms with Gasteiger partial charge in [-0.25, -0.2) is 9.78 Å². The highest BCUT2D eigenvalue weighted by Gasteiger charge is 2.42. The second kappa shape index (κ2) is 8.36. The van der Waals surface area contributed by atoms with Crippen LogP contribution in [0.15, 0.2) is 30.5 Å². The Bertz CT molecular complexity index is 1000. The summed E-state index contributed by atoms with van der Waals surface area (Å²) in [5.41, 5.74) is 0.318. The van der Waals surface area contributed by atoms with Crippen molar-refractivity contribution < 1.29 is 23.9 Å². The van der Waals surface area contributed by atoms with E-state index in [0.29, 0.717) is 0 Å². The molecule has 8 nitrogen and oxygen atoms in total. The van der Waals surface area contributed by atoms with Crippen molar-refractivity contribution in [3.8, 4) is 0 Å². The van der Waals surface area contributed by atoms with E-state index in [9.17, 15) is 19.2 Å². The fourth-order valence-corrected chi connectivity index (χ4v) is 3.13. The summed E-state index contributed by atoms with van der Waals surface area (Å²) in [7, 11) is 0. The Morgan fingerprint density at radius 1 is 1.14 bits per heavy atom. The van der Waals surface area contributed by atoms with Crippen LogP contribution >= 0.6 is 34.8 Å². The molecule has 29 heavy (non-hydrogen) atoms. The van der Waals surface area contributed by atoms with Crippen molar-refractivity contribution in [2.45, 2.75) is 13.0 Å². The Kier molecular flexibility index (Phi) is 6.07. The molecule has 3 rings (SSSR count). The van der Waals surface area contributed by atoms with Crippen LogP contribution in [0.5, 0.6) is 0 Å². The van der Waals surface area contributed by atoms with Gasteiger partial charge in [0.25, 0.3) is 17.7 Å². The molecule has 3 amide bonds. The van der Waals surface area contributed by atoms with Crippen molar-refractivity contribution in [3.05, 3.63) is 56.8 Å². The van der Waals surface area contributed by atoms with Crippen LogP contribution in [0.3, 0.4) is 0 Å². The number of aromatic nitrogens is 1. The van der Waals surface area contributed by atoms with Crippen molar-refractivity contribution in [2.75, 3.05) is 11.9 Å². The molecule has 150 valence electrons. The SMILES string of the molecule is CC(C(=O)OCC(=O)Nc1cccnc1Cl)N1C(=O)c2cc(Cl)c(Cl)cc2C1=O. The maximum Gasteiger partial charge on any atom is 0.329 e. The predicted molar refractivity (Wildman–Crippen MR) is 105 cm³/mol. The third-order valence-electron chi connectivity index (χ3n) is 4.07. The largest absolute Gasteiger partial charge is 0.454 e. The summed E-state index contributed by atoms with van der Waals surface area (Å²) < 4.78 is 4.92. The zero-order valence-corrected chi connectivity index (χ0v) is 17.0. The number of anilines is 1. The van der Waals surface area contributed by atoms with Gasteiger partial charge in [-0.2, -0.15) is 0 Å². The third kappa shape index (κ3) is 4.19. The number of hydrogen-bond acceptors (Lipinski definition) is 6. The number of amides is 3. The van der Waals surface area contributed by atoms with Gasteiger partial charge in [-0.05, 0) is 31.2 Å². The van der Waals surface area contributed by atoms with Gasteiger partial charge in [-0.15, -0.1) is 0 Å². The Hall–Kier alpha value is -2.68. The summed E-state index contributed by atoms with van der Waals surface area (Å²) in [5, 5.41) is 2.72. The number of benzene rings is 1. The van der Waals surface area contributed by atoms with Crippen LogP contribution in [-0.2, 0) is 14.3 Å². The molecule has 0 saturated carbocycles. The van der Waals surface area contributed by atoms with Gasteiger partial charge in [0.1, 0.15) is 6.04 Å². The standard InChI is InChI=1S/C18H12Cl3N3O5/c1-8(18(28)29-7-14(25)23-13-3-2-4-22-15(13)21)24-16(26)9-5-11(19)12(20)6-10(9)17(24)27/h2-6,8H,7H2,1H3,(H,23,25). The number of hydrogen-bond donors (Lipinski definition) is 1. The lowest BCUT2D eigenvalue weighted by Crippen LogP contribution is -2.44. The fourth-order valence-electron chi connectivity index (χ4n) is 2.63. The number of imide groups is 1. The lowest BCUT2D eigenvalue weighted by molar-refractivity contribution is -0.150. The second-order valence-electron chi connectivity index (χ2n) is 5.97. The van der Waals surface area contributed by atoms with Crippen LogP contribution in [-0.4, -0.2) is 46.2 Å². The molecule has 0 spiro atoms. The van der Waals surface area contributed by atoms with E-state index in [1.165, 1.54) is 31.3 Å². The van der Waals surface area contributed by atoms with Gasteiger partial charge in [0.2, 0.25) is 0 Å². The summed E-state index contributed by atoms with van der Waals surface area (Å²) in [4.78, 5) is 53.8. The number of rotatable bonds is 5. The highest BCUT2D eigenvalue weighted by molar-refractivity contribution is 6.43. The number of carbonyl (C=O) groups excluding carboxylic acids is 4. The summed E-state index contributed by atoms with van der Waals surface area (Å²) in [6.45, 7) is 0.665. The topological polar surface area (TPSA) is 106 Å². The van der Waals surface area contributed by atoms with Gasteiger partial charge in [0.05, 0.1) is 26.9 Å². The molecule has 0 saturated heterocycles. The minimum absolute atomic E-state index is 0.0352. The number of pyridine rings is 1. The molecule has 1 atom stereocenters. The Morgan fingerprint density at radius 3 is 2.28 bits per heavy atom. The molecule has 2 heterocycles. The van der Waals surface area contributed by atoms with E-state index < -0.39 is 36.3 Å². The Labute approximate surface area is 179 Å². The van der Waals surface area contributed by atoms with Crippen LogP contribution < -0.4 is 5.32 Å². The lowest BCUT2D eigenvalue weighted by atomic mass is 10.1. The normalized spacial score (nSPS) is 13.9.